The van der Waals surface area contributed by atoms with Gasteiger partial charge in [-0.25, -0.2) is 0 Å². The zero-order valence-corrected chi connectivity index (χ0v) is 36.2. The minimum absolute atomic E-state index is 0.0368. The number of fused-ring (bicyclic) bond motifs is 1. The van der Waals surface area contributed by atoms with E-state index < -0.39 is 66.3 Å². The molecular weight excluding hydrogens is 781 g/mol. The fraction of sp³-hybridized carbons (Fsp3) is 0.533. The fourth-order valence-electron chi connectivity index (χ4n) is 7.72. The normalized spacial score (nSPS) is 22.7. The molecule has 16 nitrogen and oxygen atoms in total. The lowest BCUT2D eigenvalue weighted by Gasteiger charge is -2.32. The quantitative estimate of drug-likeness (QED) is 0.159. The molecule has 2 saturated heterocycles. The fourth-order valence-corrected chi connectivity index (χ4v) is 7.72. The maximum Gasteiger partial charge on any atom is 0.243 e. The summed E-state index contributed by atoms with van der Waals surface area (Å²) in [5.74, 6) is -2.94. The van der Waals surface area contributed by atoms with E-state index in [4.69, 9.17) is 4.74 Å². The van der Waals surface area contributed by atoms with Crippen molar-refractivity contribution in [2.45, 2.75) is 110 Å². The molecule has 2 aromatic carbocycles. The Morgan fingerprint density at radius 2 is 1.48 bits per heavy atom. The highest BCUT2D eigenvalue weighted by atomic mass is 16.5. The number of likely N-dealkylation sites (tertiary alicyclic amines) is 1. The van der Waals surface area contributed by atoms with E-state index in [1.807, 2.05) is 52.0 Å². The zero-order valence-electron chi connectivity index (χ0n) is 36.2. The van der Waals surface area contributed by atoms with Crippen LogP contribution in [0.5, 0.6) is 5.75 Å². The van der Waals surface area contributed by atoms with E-state index in [0.29, 0.717) is 37.2 Å². The number of rotatable bonds is 12. The lowest BCUT2D eigenvalue weighted by molar-refractivity contribution is -0.139. The molecule has 330 valence electrons. The molecule has 5 rings (SSSR count). The Morgan fingerprint density at radius 3 is 2.15 bits per heavy atom. The number of para-hydroxylation sites is 1. The highest BCUT2D eigenvalue weighted by Crippen LogP contribution is 2.20. The van der Waals surface area contributed by atoms with Gasteiger partial charge in [0.2, 0.25) is 41.4 Å². The van der Waals surface area contributed by atoms with Gasteiger partial charge in [-0.2, -0.15) is 0 Å². The van der Waals surface area contributed by atoms with Gasteiger partial charge in [0.1, 0.15) is 29.9 Å². The van der Waals surface area contributed by atoms with Gasteiger partial charge < -0.3 is 46.1 Å². The van der Waals surface area contributed by atoms with Gasteiger partial charge in [-0.1, -0.05) is 58.0 Å². The Morgan fingerprint density at radius 1 is 0.803 bits per heavy atom. The molecule has 0 unspecified atom stereocenters. The van der Waals surface area contributed by atoms with Gasteiger partial charge in [0, 0.05) is 68.5 Å². The van der Waals surface area contributed by atoms with Crippen LogP contribution in [-0.2, 0) is 46.4 Å². The van der Waals surface area contributed by atoms with Crippen LogP contribution < -0.4 is 31.3 Å². The van der Waals surface area contributed by atoms with E-state index in [1.165, 1.54) is 11.8 Å². The molecule has 1 aromatic heterocycles. The first-order valence-corrected chi connectivity index (χ1v) is 21.4. The van der Waals surface area contributed by atoms with Gasteiger partial charge in [0.15, 0.2) is 0 Å². The van der Waals surface area contributed by atoms with Crippen LogP contribution in [0.15, 0.2) is 54.7 Å². The third kappa shape index (κ3) is 13.0. The molecule has 0 spiro atoms. The number of aromatic nitrogens is 1. The predicted molar refractivity (Wildman–Crippen MR) is 230 cm³/mol. The first-order valence-electron chi connectivity index (χ1n) is 21.4. The molecule has 0 saturated carbocycles. The summed E-state index contributed by atoms with van der Waals surface area (Å²) >= 11 is 0. The Labute approximate surface area is 357 Å². The lowest BCUT2D eigenvalue weighted by Crippen LogP contribution is -2.60. The second kappa shape index (κ2) is 21.5. The summed E-state index contributed by atoms with van der Waals surface area (Å²) in [5, 5.41) is 15.2. The van der Waals surface area contributed by atoms with Crippen LogP contribution in [0.2, 0.25) is 0 Å². The average molecular weight is 843 g/mol. The molecule has 0 radical (unpaired) electrons. The Hall–Kier alpha value is -5.93. The van der Waals surface area contributed by atoms with E-state index in [2.05, 4.69) is 31.6 Å². The maximum absolute atomic E-state index is 14.4. The van der Waals surface area contributed by atoms with Crippen molar-refractivity contribution in [3.8, 4) is 5.75 Å². The van der Waals surface area contributed by atoms with Crippen molar-refractivity contribution in [1.29, 1.82) is 0 Å². The minimum Gasteiger partial charge on any atom is -0.497 e. The topological polar surface area (TPSA) is 211 Å². The first-order chi connectivity index (χ1) is 29.1. The molecule has 16 heteroatoms. The van der Waals surface area contributed by atoms with Crippen LogP contribution >= 0.6 is 0 Å². The highest BCUT2D eigenvalue weighted by molar-refractivity contribution is 5.96. The number of H-pyrrole nitrogens is 1. The van der Waals surface area contributed by atoms with Crippen molar-refractivity contribution >= 4 is 52.3 Å². The number of carbonyl (C=O) groups excluding carboxylic acids is 7. The molecule has 2 aliphatic rings. The summed E-state index contributed by atoms with van der Waals surface area (Å²) in [6.07, 6.45) is 3.78. The molecule has 0 bridgehead atoms. The molecule has 5 atom stereocenters. The summed E-state index contributed by atoms with van der Waals surface area (Å²) in [4.78, 5) is 103. The summed E-state index contributed by atoms with van der Waals surface area (Å²) in [6.45, 7) is 9.66. The Balaban J connectivity index is 1.49. The monoisotopic (exact) mass is 842 g/mol. The number of methoxy groups -OCH3 is 1. The number of hydrogen-bond donors (Lipinski definition) is 6. The van der Waals surface area contributed by atoms with Crippen LogP contribution in [-0.4, -0.2) is 120 Å². The zero-order chi connectivity index (χ0) is 44.2. The van der Waals surface area contributed by atoms with Gasteiger partial charge in [0.25, 0.3) is 0 Å². The van der Waals surface area contributed by atoms with E-state index in [9.17, 15) is 33.6 Å². The summed E-state index contributed by atoms with van der Waals surface area (Å²) in [5.41, 5.74) is 2.30. The highest BCUT2D eigenvalue weighted by Gasteiger charge is 2.34. The van der Waals surface area contributed by atoms with Gasteiger partial charge in [-0.15, -0.1) is 0 Å². The molecule has 2 aliphatic heterocycles. The molecule has 7 amide bonds. The molecular formula is C45H62N8O8. The third-order valence-electron chi connectivity index (χ3n) is 11.3. The lowest BCUT2D eigenvalue weighted by atomic mass is 9.99. The molecule has 6 N–H and O–H groups in total. The minimum atomic E-state index is -1.17. The number of carbonyl (C=O) groups is 7. The molecule has 2 fully saturated rings. The number of nitrogens with one attached hydrogen (secondary N) is 6. The molecule has 3 heterocycles. The predicted octanol–water partition coefficient (Wildman–Crippen LogP) is 2.35. The standard InChI is InChI=1S/C45H62N8O8/c1-27(2)21-35-44(59)50-36(22-30-15-17-32(61-6)18-16-30)43(58)47-29(5)42(57)51-38(28(3)4)25-53(41(56)14-10-20-52-19-9-13-40(52)55)26-39(54)48-37(45(60)49-35)23-31-24-46-34-12-8-7-11-33(31)34/h7-8,11-12,15-18,24,27-29,35-38,46H,9-10,13-14,19-23,25-26H2,1-6H3,(H,47,58)(H,48,54)(H,49,60)(H,50,59)(H,51,57)/t29-,35+,36+,37-,38-/m1/s1. The van der Waals surface area contributed by atoms with Crippen LogP contribution in [0.3, 0.4) is 0 Å². The van der Waals surface area contributed by atoms with E-state index >= 15 is 0 Å². The van der Waals surface area contributed by atoms with E-state index in [1.54, 1.807) is 42.5 Å². The third-order valence-corrected chi connectivity index (χ3v) is 11.3. The number of hydrogen-bond acceptors (Lipinski definition) is 8. The smallest absolute Gasteiger partial charge is 0.243 e. The average Bonchev–Trinajstić information content (AvgIpc) is 3.83. The summed E-state index contributed by atoms with van der Waals surface area (Å²) in [6, 6.07) is 9.48. The van der Waals surface area contributed by atoms with Gasteiger partial charge in [-0.3, -0.25) is 33.6 Å². The first kappa shape index (κ1) is 46.1. The van der Waals surface area contributed by atoms with Crippen molar-refractivity contribution < 1.29 is 38.3 Å². The van der Waals surface area contributed by atoms with Crippen LogP contribution in [0, 0.1) is 11.8 Å². The van der Waals surface area contributed by atoms with E-state index in [-0.39, 0.29) is 55.9 Å². The number of nitrogens with zero attached hydrogens (tertiary/aromatic N) is 2. The van der Waals surface area contributed by atoms with Crippen molar-refractivity contribution in [3.63, 3.8) is 0 Å². The van der Waals surface area contributed by atoms with Gasteiger partial charge in [-0.05, 0) is 67.3 Å². The Kier molecular flexibility index (Phi) is 16.3. The summed E-state index contributed by atoms with van der Waals surface area (Å²) < 4.78 is 5.29. The second-order valence-electron chi connectivity index (χ2n) is 16.9. The van der Waals surface area contributed by atoms with Crippen molar-refractivity contribution in [2.75, 3.05) is 33.3 Å². The Bertz CT molecular complexity index is 2030. The largest absolute Gasteiger partial charge is 0.497 e. The number of ether oxygens (including phenoxy) is 1. The van der Waals surface area contributed by atoms with Crippen molar-refractivity contribution in [3.05, 3.63) is 65.9 Å². The number of amides is 7. The number of benzene rings is 2. The van der Waals surface area contributed by atoms with Crippen molar-refractivity contribution in [1.82, 2.24) is 41.4 Å². The molecule has 0 aliphatic carbocycles. The van der Waals surface area contributed by atoms with Crippen LogP contribution in [0.1, 0.15) is 77.8 Å². The SMILES string of the molecule is COc1ccc(C[C@@H]2NC(=O)[C@H](CC(C)C)NC(=O)[C@@H](Cc3c[nH]c4ccccc34)NC(=O)CN(C(=O)CCCN3CCCC3=O)C[C@H](C(C)C)NC(=O)[C@@H](C)NC2=O)cc1. The van der Waals surface area contributed by atoms with Crippen molar-refractivity contribution in [2.24, 2.45) is 11.8 Å². The summed E-state index contributed by atoms with van der Waals surface area (Å²) in [7, 11) is 1.54. The molecule has 3 aromatic rings. The van der Waals surface area contributed by atoms with E-state index in [0.717, 1.165) is 22.9 Å². The van der Waals surface area contributed by atoms with Crippen LogP contribution in [0.4, 0.5) is 0 Å². The van der Waals surface area contributed by atoms with Gasteiger partial charge in [0.05, 0.1) is 13.7 Å². The van der Waals surface area contributed by atoms with Crippen LogP contribution in [0.25, 0.3) is 10.9 Å². The maximum atomic E-state index is 14.4. The van der Waals surface area contributed by atoms with Gasteiger partial charge >= 0.3 is 0 Å². The second-order valence-corrected chi connectivity index (χ2v) is 16.9. The molecule has 61 heavy (non-hydrogen) atoms. The number of aromatic amines is 1.